The molecule has 0 aliphatic carbocycles. The highest BCUT2D eigenvalue weighted by molar-refractivity contribution is 7.99. The van der Waals surface area contributed by atoms with E-state index in [1.54, 1.807) is 11.8 Å². The highest BCUT2D eigenvalue weighted by Crippen LogP contribution is 2.18. The van der Waals surface area contributed by atoms with Crippen molar-refractivity contribution in [2.24, 2.45) is 5.10 Å². The van der Waals surface area contributed by atoms with Crippen LogP contribution in [-0.2, 0) is 15.3 Å². The number of aryl methyl sites for hydroxylation is 2. The molecule has 1 aromatic carbocycles. The Bertz CT molecular complexity index is 777. The van der Waals surface area contributed by atoms with E-state index in [0.29, 0.717) is 24.7 Å². The lowest BCUT2D eigenvalue weighted by Crippen LogP contribution is -2.35. The number of thioether (sulfide) groups is 1. The molecule has 27 heavy (non-hydrogen) atoms. The van der Waals surface area contributed by atoms with Crippen molar-refractivity contribution < 1.29 is 13.9 Å². The lowest BCUT2D eigenvalue weighted by atomic mass is 10.1. The van der Waals surface area contributed by atoms with Crippen molar-refractivity contribution in [2.75, 3.05) is 37.0 Å². The first kappa shape index (κ1) is 19.5. The van der Waals surface area contributed by atoms with Crippen molar-refractivity contribution in [2.45, 2.75) is 19.6 Å². The van der Waals surface area contributed by atoms with Gasteiger partial charge in [-0.3, -0.25) is 4.79 Å². The summed E-state index contributed by atoms with van der Waals surface area (Å²) in [7, 11) is 0. The van der Waals surface area contributed by atoms with Crippen LogP contribution in [0.15, 0.2) is 39.9 Å². The van der Waals surface area contributed by atoms with Gasteiger partial charge in [-0.1, -0.05) is 29.3 Å². The van der Waals surface area contributed by atoms with E-state index in [1.165, 1.54) is 22.9 Å². The fourth-order valence-electron chi connectivity index (χ4n) is 2.98. The molecule has 1 aliphatic rings. The van der Waals surface area contributed by atoms with Crippen molar-refractivity contribution in [1.82, 2.24) is 5.43 Å². The van der Waals surface area contributed by atoms with Crippen molar-refractivity contribution >= 4 is 29.8 Å². The van der Waals surface area contributed by atoms with Gasteiger partial charge in [0.05, 0.1) is 25.2 Å². The number of nitrogens with zero attached hydrogens (tertiary/aromatic N) is 2. The molecular weight excluding hydrogens is 362 g/mol. The molecule has 1 fully saturated rings. The summed E-state index contributed by atoms with van der Waals surface area (Å²) in [5, 5.41) is 3.98. The Morgan fingerprint density at radius 1 is 1.22 bits per heavy atom. The molecule has 2 heterocycles. The van der Waals surface area contributed by atoms with E-state index in [0.717, 1.165) is 24.7 Å². The second kappa shape index (κ2) is 9.62. The van der Waals surface area contributed by atoms with E-state index in [1.807, 2.05) is 12.1 Å². The summed E-state index contributed by atoms with van der Waals surface area (Å²) in [5.74, 6) is 2.46. The van der Waals surface area contributed by atoms with E-state index in [4.69, 9.17) is 9.15 Å². The molecule has 1 aromatic heterocycles. The number of hydrogen-bond donors (Lipinski definition) is 1. The topological polar surface area (TPSA) is 67.1 Å². The number of ether oxygens (including phenoxy) is 1. The molecule has 0 bridgehead atoms. The summed E-state index contributed by atoms with van der Waals surface area (Å²) in [5.41, 5.74) is 6.27. The van der Waals surface area contributed by atoms with Crippen LogP contribution in [0.2, 0.25) is 0 Å². The van der Waals surface area contributed by atoms with Crippen molar-refractivity contribution in [1.29, 1.82) is 0 Å². The molecule has 1 N–H and O–H groups in total. The maximum Gasteiger partial charge on any atom is 0.250 e. The van der Waals surface area contributed by atoms with Gasteiger partial charge >= 0.3 is 0 Å². The van der Waals surface area contributed by atoms with Gasteiger partial charge in [-0.2, -0.15) is 5.10 Å². The maximum atomic E-state index is 11.9. The van der Waals surface area contributed by atoms with Gasteiger partial charge in [0.25, 0.3) is 0 Å². The Morgan fingerprint density at radius 2 is 1.96 bits per heavy atom. The molecule has 0 unspecified atom stereocenters. The van der Waals surface area contributed by atoms with Crippen LogP contribution in [0.4, 0.5) is 5.88 Å². The van der Waals surface area contributed by atoms with Gasteiger partial charge in [0.1, 0.15) is 5.76 Å². The van der Waals surface area contributed by atoms with Gasteiger partial charge in [0, 0.05) is 24.9 Å². The zero-order chi connectivity index (χ0) is 19.1. The van der Waals surface area contributed by atoms with E-state index >= 15 is 0 Å². The standard InChI is InChI=1S/C20H25N3O3S/c1-15-9-16(2)11-17(10-15)13-27-14-19(24)22-21-12-18-3-4-20(26-18)23-5-7-25-8-6-23/h3-4,9-12H,5-8,13-14H2,1-2H3,(H,22,24)/b21-12-. The zero-order valence-corrected chi connectivity index (χ0v) is 16.6. The molecule has 3 rings (SSSR count). The number of rotatable bonds is 7. The lowest BCUT2D eigenvalue weighted by molar-refractivity contribution is -0.118. The van der Waals surface area contributed by atoms with Crippen LogP contribution in [0.25, 0.3) is 0 Å². The third-order valence-electron chi connectivity index (χ3n) is 4.10. The van der Waals surface area contributed by atoms with Crippen LogP contribution in [0, 0.1) is 13.8 Å². The molecule has 0 saturated carbocycles. The number of amides is 1. The number of carbonyl (C=O) groups excluding carboxylic acids is 1. The summed E-state index contributed by atoms with van der Waals surface area (Å²) in [6.45, 7) is 7.22. The first-order valence-corrected chi connectivity index (χ1v) is 10.1. The number of morpholine rings is 1. The number of furan rings is 1. The predicted octanol–water partition coefficient (Wildman–Crippen LogP) is 3.12. The second-order valence-electron chi connectivity index (χ2n) is 6.56. The van der Waals surface area contributed by atoms with Crippen LogP contribution < -0.4 is 10.3 Å². The van der Waals surface area contributed by atoms with Crippen LogP contribution in [0.5, 0.6) is 0 Å². The van der Waals surface area contributed by atoms with Crippen molar-refractivity contribution in [3.8, 4) is 0 Å². The second-order valence-corrected chi connectivity index (χ2v) is 7.54. The zero-order valence-electron chi connectivity index (χ0n) is 15.7. The molecule has 0 spiro atoms. The smallest absolute Gasteiger partial charge is 0.250 e. The summed E-state index contributed by atoms with van der Waals surface area (Å²) < 4.78 is 11.1. The van der Waals surface area contributed by atoms with Gasteiger partial charge in [-0.05, 0) is 25.5 Å². The van der Waals surface area contributed by atoms with E-state index in [9.17, 15) is 4.79 Å². The monoisotopic (exact) mass is 387 g/mol. The average Bonchev–Trinajstić information content (AvgIpc) is 3.11. The van der Waals surface area contributed by atoms with Crippen LogP contribution >= 0.6 is 11.8 Å². The third kappa shape index (κ3) is 6.15. The minimum absolute atomic E-state index is 0.124. The van der Waals surface area contributed by atoms with Crippen molar-refractivity contribution in [3.05, 3.63) is 52.8 Å². The number of carbonyl (C=O) groups is 1. The Hall–Kier alpha value is -2.25. The molecule has 144 valence electrons. The lowest BCUT2D eigenvalue weighted by Gasteiger charge is -2.26. The summed E-state index contributed by atoms with van der Waals surface area (Å²) in [6.07, 6.45) is 1.52. The van der Waals surface area contributed by atoms with E-state index in [-0.39, 0.29) is 5.91 Å². The number of anilines is 1. The molecule has 0 atom stereocenters. The summed E-state index contributed by atoms with van der Waals surface area (Å²) in [6, 6.07) is 10.2. The molecule has 7 heteroatoms. The molecule has 0 radical (unpaired) electrons. The van der Waals surface area contributed by atoms with Gasteiger partial charge in [-0.15, -0.1) is 11.8 Å². The van der Waals surface area contributed by atoms with Crippen LogP contribution in [0.3, 0.4) is 0 Å². The molecule has 1 aliphatic heterocycles. The number of hydrogen-bond acceptors (Lipinski definition) is 6. The Balaban J connectivity index is 1.40. The molecule has 6 nitrogen and oxygen atoms in total. The SMILES string of the molecule is Cc1cc(C)cc(CSCC(=O)N/N=C\c2ccc(N3CCOCC3)o2)c1. The fraction of sp³-hybridized carbons (Fsp3) is 0.400. The maximum absolute atomic E-state index is 11.9. The molecular formula is C20H25N3O3S. The number of benzene rings is 1. The number of hydrazone groups is 1. The normalized spacial score (nSPS) is 14.7. The first-order valence-electron chi connectivity index (χ1n) is 8.99. The average molecular weight is 388 g/mol. The van der Waals surface area contributed by atoms with Gasteiger partial charge in [0.2, 0.25) is 5.91 Å². The van der Waals surface area contributed by atoms with Gasteiger partial charge in [-0.25, -0.2) is 5.43 Å². The highest BCUT2D eigenvalue weighted by atomic mass is 32.2. The van der Waals surface area contributed by atoms with Crippen molar-refractivity contribution in [3.63, 3.8) is 0 Å². The van der Waals surface area contributed by atoms with Crippen LogP contribution in [0.1, 0.15) is 22.5 Å². The Kier molecular flexibility index (Phi) is 6.95. The quantitative estimate of drug-likeness (QED) is 0.584. The minimum atomic E-state index is -0.124. The molecule has 1 saturated heterocycles. The minimum Gasteiger partial charge on any atom is -0.440 e. The van der Waals surface area contributed by atoms with Gasteiger partial charge < -0.3 is 14.1 Å². The predicted molar refractivity (Wildman–Crippen MR) is 110 cm³/mol. The Labute approximate surface area is 163 Å². The summed E-state index contributed by atoms with van der Waals surface area (Å²) in [4.78, 5) is 14.0. The largest absolute Gasteiger partial charge is 0.440 e. The van der Waals surface area contributed by atoms with E-state index in [2.05, 4.69) is 47.5 Å². The summed E-state index contributed by atoms with van der Waals surface area (Å²) >= 11 is 1.57. The first-order chi connectivity index (χ1) is 13.1. The third-order valence-corrected chi connectivity index (χ3v) is 5.10. The highest BCUT2D eigenvalue weighted by Gasteiger charge is 2.14. The fourth-order valence-corrected chi connectivity index (χ4v) is 3.73. The Morgan fingerprint density at radius 3 is 2.70 bits per heavy atom. The number of nitrogens with one attached hydrogen (secondary N) is 1. The van der Waals surface area contributed by atoms with E-state index < -0.39 is 0 Å². The molecule has 1 amide bonds. The molecule has 2 aromatic rings. The van der Waals surface area contributed by atoms with Gasteiger partial charge in [0.15, 0.2) is 5.88 Å². The van der Waals surface area contributed by atoms with Crippen LogP contribution in [-0.4, -0.2) is 44.2 Å².